The van der Waals surface area contributed by atoms with Gasteiger partial charge in [-0.25, -0.2) is 14.4 Å². The highest BCUT2D eigenvalue weighted by atomic mass is 28.4. The third kappa shape index (κ3) is 22.7. The molecule has 1 aliphatic rings. The van der Waals surface area contributed by atoms with Crippen LogP contribution in [-0.2, 0) is 32.6 Å². The van der Waals surface area contributed by atoms with Gasteiger partial charge in [-0.15, -0.1) is 0 Å². The van der Waals surface area contributed by atoms with E-state index >= 15 is 0 Å². The van der Waals surface area contributed by atoms with Gasteiger partial charge >= 0.3 is 18.2 Å². The van der Waals surface area contributed by atoms with Gasteiger partial charge in [0.05, 0.1) is 19.8 Å². The maximum Gasteiger partial charge on any atom is 0.407 e. The summed E-state index contributed by atoms with van der Waals surface area (Å²) in [5.74, 6) is -0.464. The third-order valence-corrected chi connectivity index (χ3v) is 15.4. The van der Waals surface area contributed by atoms with Crippen molar-refractivity contribution in [1.29, 1.82) is 0 Å². The number of hydrogen-bond acceptors (Lipinski definition) is 9. The first-order valence-corrected chi connectivity index (χ1v) is 23.1. The van der Waals surface area contributed by atoms with E-state index in [1.54, 1.807) is 6.92 Å². The number of hydrogen-bond donors (Lipinski definition) is 2. The predicted octanol–water partition coefficient (Wildman–Crippen LogP) is 8.07. The van der Waals surface area contributed by atoms with E-state index < -0.39 is 34.8 Å². The highest BCUT2D eigenvalue weighted by Gasteiger charge is 2.42. The number of esters is 1. The number of rotatable bonds is 22. The van der Waals surface area contributed by atoms with Crippen LogP contribution >= 0.6 is 0 Å². The molecule has 1 aliphatic carbocycles. The molecule has 0 aromatic heterocycles. The second kappa shape index (κ2) is 23.5. The van der Waals surface area contributed by atoms with Gasteiger partial charge in [0, 0.05) is 24.8 Å². The van der Waals surface area contributed by atoms with Crippen LogP contribution in [0.4, 0.5) is 9.59 Å². The lowest BCUT2D eigenvalue weighted by Crippen LogP contribution is -2.50. The number of ether oxygens (including phenoxy) is 5. The summed E-state index contributed by atoms with van der Waals surface area (Å²) in [6.07, 6.45) is 4.83. The van der Waals surface area contributed by atoms with Gasteiger partial charge in [-0.05, 0) is 81.7 Å². The van der Waals surface area contributed by atoms with Crippen molar-refractivity contribution < 1.29 is 42.2 Å². The quantitative estimate of drug-likeness (QED) is 0.0375. The SMILES string of the molecule is C.C.C=C(C)C(=O)OCCOCCOC(=O)NCC1(C)CC(NC(=O)OCCOCCC[Si](C)(C)O[Si](C)(C)CCCC)CC(C)(C)C1. The number of carbonyl (C=O) groups excluding carboxylic acids is 3. The van der Waals surface area contributed by atoms with Crippen LogP contribution in [0.5, 0.6) is 0 Å². The Morgan fingerprint density at radius 2 is 1.29 bits per heavy atom. The van der Waals surface area contributed by atoms with E-state index in [0.717, 1.165) is 25.3 Å². The van der Waals surface area contributed by atoms with Gasteiger partial charge in [0.15, 0.2) is 16.6 Å². The zero-order valence-electron chi connectivity index (χ0n) is 30.3. The van der Waals surface area contributed by atoms with Crippen LogP contribution in [-0.4, -0.2) is 93.6 Å². The number of nitrogens with one attached hydrogen (secondary N) is 2. The molecule has 1 fully saturated rings. The number of amides is 2. The molecule has 0 aromatic rings. The fraction of sp³-hybridized carbons (Fsp3) is 0.857. The Labute approximate surface area is 295 Å². The summed E-state index contributed by atoms with van der Waals surface area (Å²) >= 11 is 0. The average Bonchev–Trinajstić information content (AvgIpc) is 2.92. The van der Waals surface area contributed by atoms with Crippen molar-refractivity contribution in [2.45, 2.75) is 132 Å². The van der Waals surface area contributed by atoms with Gasteiger partial charge in [-0.3, -0.25) is 0 Å². The Morgan fingerprint density at radius 3 is 1.85 bits per heavy atom. The first-order valence-electron chi connectivity index (χ1n) is 16.9. The molecule has 1 saturated carbocycles. The molecule has 0 aromatic carbocycles. The Kier molecular flexibility index (Phi) is 23.6. The minimum absolute atomic E-state index is 0. The maximum atomic E-state index is 12.6. The van der Waals surface area contributed by atoms with Gasteiger partial charge in [0.1, 0.15) is 19.8 Å². The van der Waals surface area contributed by atoms with E-state index in [9.17, 15) is 14.4 Å². The molecule has 2 N–H and O–H groups in total. The van der Waals surface area contributed by atoms with Crippen molar-refractivity contribution in [3.05, 3.63) is 12.2 Å². The molecule has 0 bridgehead atoms. The van der Waals surface area contributed by atoms with Gasteiger partial charge in [-0.1, -0.05) is 62.0 Å². The molecule has 2 atom stereocenters. The number of unbranched alkanes of at least 4 members (excludes halogenated alkanes) is 1. The smallest absolute Gasteiger partial charge is 0.407 e. The Bertz CT molecular complexity index is 962. The largest absolute Gasteiger partial charge is 0.460 e. The Morgan fingerprint density at radius 1 is 0.771 bits per heavy atom. The van der Waals surface area contributed by atoms with E-state index in [1.165, 1.54) is 18.9 Å². The van der Waals surface area contributed by atoms with Gasteiger partial charge < -0.3 is 38.4 Å². The Hall–Kier alpha value is -1.94. The molecule has 0 aliphatic heterocycles. The molecular weight excluding hydrogens is 649 g/mol. The monoisotopic (exact) mass is 720 g/mol. The summed E-state index contributed by atoms with van der Waals surface area (Å²) in [5.41, 5.74) is 0.0599. The molecular formula is C35H72N2O9Si2. The zero-order chi connectivity index (χ0) is 34.9. The third-order valence-electron chi connectivity index (χ3n) is 7.91. The molecule has 2 amide bonds. The van der Waals surface area contributed by atoms with E-state index in [4.69, 9.17) is 27.8 Å². The minimum Gasteiger partial charge on any atom is -0.460 e. The second-order valence-corrected chi connectivity index (χ2v) is 23.9. The zero-order valence-corrected chi connectivity index (χ0v) is 32.3. The molecule has 284 valence electrons. The van der Waals surface area contributed by atoms with Crippen LogP contribution in [0.2, 0.25) is 38.3 Å². The van der Waals surface area contributed by atoms with Crippen molar-refractivity contribution in [3.8, 4) is 0 Å². The van der Waals surface area contributed by atoms with E-state index in [0.29, 0.717) is 31.8 Å². The molecule has 13 heteroatoms. The van der Waals surface area contributed by atoms with Crippen LogP contribution in [0.1, 0.15) is 88.0 Å². The van der Waals surface area contributed by atoms with Crippen molar-refractivity contribution in [3.63, 3.8) is 0 Å². The summed E-state index contributed by atoms with van der Waals surface area (Å²) in [5, 5.41) is 5.89. The van der Waals surface area contributed by atoms with Crippen LogP contribution in [0, 0.1) is 10.8 Å². The van der Waals surface area contributed by atoms with E-state index in [-0.39, 0.29) is 64.8 Å². The normalized spacial score (nSPS) is 18.8. The van der Waals surface area contributed by atoms with Crippen molar-refractivity contribution in [2.75, 3.05) is 52.8 Å². The number of carbonyl (C=O) groups is 3. The number of alkyl carbamates (subject to hydrolysis) is 2. The first kappa shape index (κ1) is 48.2. The predicted molar refractivity (Wildman–Crippen MR) is 199 cm³/mol. The lowest BCUT2D eigenvalue weighted by Gasteiger charge is -2.46. The highest BCUT2D eigenvalue weighted by molar-refractivity contribution is 6.84. The summed E-state index contributed by atoms with van der Waals surface area (Å²) in [7, 11) is -3.32. The molecule has 0 spiro atoms. The molecule has 0 heterocycles. The van der Waals surface area contributed by atoms with Crippen LogP contribution < -0.4 is 10.6 Å². The molecule has 48 heavy (non-hydrogen) atoms. The molecule has 11 nitrogen and oxygen atoms in total. The standard InChI is InChI=1S/C33H64N2O9Si2.2CH4/c1-11-12-21-45(7,8)44-46(9,10)22-13-14-39-16-20-43-31(38)35-28-23-32(4,5)25-33(6,24-28)26-34-30(37)42-19-17-40-15-18-41-29(36)27(2)3;;/h28H,2,11-26H2,1,3-10H3,(H,34,37)(H,35,38);2*1H4. The van der Waals surface area contributed by atoms with E-state index in [2.05, 4.69) is 71.1 Å². The van der Waals surface area contributed by atoms with Crippen molar-refractivity contribution >= 4 is 34.8 Å². The summed E-state index contributed by atoms with van der Waals surface area (Å²) < 4.78 is 33.3. The average molecular weight is 721 g/mol. The highest BCUT2D eigenvalue weighted by Crippen LogP contribution is 2.45. The lowest BCUT2D eigenvalue weighted by molar-refractivity contribution is -0.140. The molecule has 2 unspecified atom stereocenters. The summed E-state index contributed by atoms with van der Waals surface area (Å²) in [4.78, 5) is 36.2. The lowest BCUT2D eigenvalue weighted by atomic mass is 9.62. The topological polar surface area (TPSA) is 131 Å². The molecule has 0 saturated heterocycles. The van der Waals surface area contributed by atoms with E-state index in [1.807, 2.05) is 0 Å². The second-order valence-electron chi connectivity index (χ2n) is 15.0. The maximum absolute atomic E-state index is 12.6. The van der Waals surface area contributed by atoms with Gasteiger partial charge in [0.25, 0.3) is 0 Å². The first-order chi connectivity index (χ1) is 21.4. The van der Waals surface area contributed by atoms with Crippen molar-refractivity contribution in [2.24, 2.45) is 10.8 Å². The summed E-state index contributed by atoms with van der Waals surface area (Å²) in [6.45, 7) is 25.2. The summed E-state index contributed by atoms with van der Waals surface area (Å²) in [6, 6.07) is 2.20. The molecule has 0 radical (unpaired) electrons. The molecule has 1 rings (SSSR count). The van der Waals surface area contributed by atoms with Crippen LogP contribution in [0.3, 0.4) is 0 Å². The van der Waals surface area contributed by atoms with Crippen molar-refractivity contribution in [1.82, 2.24) is 10.6 Å². The van der Waals surface area contributed by atoms with Crippen LogP contribution in [0.25, 0.3) is 0 Å². The van der Waals surface area contributed by atoms with Gasteiger partial charge in [0.2, 0.25) is 0 Å². The minimum atomic E-state index is -1.72. The fourth-order valence-electron chi connectivity index (χ4n) is 6.38. The fourth-order valence-corrected chi connectivity index (χ4v) is 15.4. The van der Waals surface area contributed by atoms with Crippen LogP contribution in [0.15, 0.2) is 12.2 Å². The van der Waals surface area contributed by atoms with Gasteiger partial charge in [-0.2, -0.15) is 0 Å². The Balaban J connectivity index is 0.